The van der Waals surface area contributed by atoms with Crippen molar-refractivity contribution < 1.29 is 0 Å². The lowest BCUT2D eigenvalue weighted by Crippen LogP contribution is -1.75. The van der Waals surface area contributed by atoms with E-state index >= 15 is 0 Å². The van der Waals surface area contributed by atoms with Crippen LogP contribution in [0.2, 0.25) is 0 Å². The van der Waals surface area contributed by atoms with Gasteiger partial charge in [-0.1, -0.05) is 0 Å². The van der Waals surface area contributed by atoms with Crippen molar-refractivity contribution >= 4 is 21.7 Å². The maximum atomic E-state index is 4.07. The second-order valence-electron chi connectivity index (χ2n) is 3.03. The molecule has 0 saturated carbocycles. The number of nitrogens with zero attached hydrogens (tertiary/aromatic N) is 2. The lowest BCUT2D eigenvalue weighted by Gasteiger charge is -1.95. The Bertz CT molecular complexity index is 519. The fraction of sp³-hybridized carbons (Fsp3) is 0. The third kappa shape index (κ3) is 0.902. The molecule has 3 aromatic rings. The average Bonchev–Trinajstić information content (AvgIpc) is 2.61. The van der Waals surface area contributed by atoms with Gasteiger partial charge in [0.2, 0.25) is 0 Å². The Hall–Kier alpha value is -1.90. The summed E-state index contributed by atoms with van der Waals surface area (Å²) in [4.78, 5) is 4.07. The van der Waals surface area contributed by atoms with E-state index in [9.17, 15) is 0 Å². The van der Waals surface area contributed by atoms with E-state index in [0.29, 0.717) is 0 Å². The molecule has 13 heavy (non-hydrogen) atoms. The zero-order chi connectivity index (χ0) is 8.67. The minimum Gasteiger partial charge on any atom is -0.278 e. The topological polar surface area (TPSA) is 41.6 Å². The van der Waals surface area contributed by atoms with Gasteiger partial charge in [-0.2, -0.15) is 5.10 Å². The van der Waals surface area contributed by atoms with Crippen LogP contribution in [0.5, 0.6) is 0 Å². The molecule has 3 heteroatoms. The number of fused-ring (bicyclic) bond motifs is 2. The molecule has 3 nitrogen and oxygen atoms in total. The van der Waals surface area contributed by atoms with E-state index in [4.69, 9.17) is 0 Å². The number of rotatable bonds is 0. The number of aromatic nitrogens is 3. The van der Waals surface area contributed by atoms with Crippen molar-refractivity contribution in [3.8, 4) is 0 Å². The Morgan fingerprint density at radius 3 is 3.00 bits per heavy atom. The Balaban J connectivity index is 2.57. The van der Waals surface area contributed by atoms with Gasteiger partial charge in [0.1, 0.15) is 0 Å². The summed E-state index contributed by atoms with van der Waals surface area (Å²) in [6.45, 7) is 0. The summed E-state index contributed by atoms with van der Waals surface area (Å²) in [6.07, 6.45) is 5.49. The molecule has 2 heterocycles. The Kier molecular flexibility index (Phi) is 1.16. The van der Waals surface area contributed by atoms with Crippen molar-refractivity contribution in [2.45, 2.75) is 0 Å². The molecule has 0 amide bonds. The van der Waals surface area contributed by atoms with Crippen LogP contribution in [0.3, 0.4) is 0 Å². The van der Waals surface area contributed by atoms with Crippen LogP contribution in [-0.4, -0.2) is 15.2 Å². The number of nitrogens with one attached hydrogen (secondary N) is 1. The Morgan fingerprint density at radius 1 is 1.00 bits per heavy atom. The highest BCUT2D eigenvalue weighted by Crippen LogP contribution is 2.19. The predicted molar refractivity (Wildman–Crippen MR) is 51.4 cm³/mol. The van der Waals surface area contributed by atoms with E-state index in [0.717, 1.165) is 16.3 Å². The molecule has 1 N–H and O–H groups in total. The van der Waals surface area contributed by atoms with Crippen molar-refractivity contribution in [2.75, 3.05) is 0 Å². The first-order valence-electron chi connectivity index (χ1n) is 4.10. The quantitative estimate of drug-likeness (QED) is 0.560. The van der Waals surface area contributed by atoms with Crippen LogP contribution in [0, 0.1) is 0 Å². The number of pyridine rings is 1. The molecule has 1 aromatic carbocycles. The largest absolute Gasteiger partial charge is 0.278 e. The minimum atomic E-state index is 1.06. The van der Waals surface area contributed by atoms with E-state index < -0.39 is 0 Å². The summed E-state index contributed by atoms with van der Waals surface area (Å²) in [7, 11) is 0. The standard InChI is InChI=1S/C10H7N3/c1-2-11-5-8-4-10-9(3-7(1)8)6-12-13-10/h1-6H,(H,12,13). The van der Waals surface area contributed by atoms with Crippen LogP contribution in [0.25, 0.3) is 21.7 Å². The lowest BCUT2D eigenvalue weighted by molar-refractivity contribution is 1.12. The first-order valence-corrected chi connectivity index (χ1v) is 4.10. The highest BCUT2D eigenvalue weighted by atomic mass is 15.1. The van der Waals surface area contributed by atoms with E-state index in [2.05, 4.69) is 27.3 Å². The number of hydrogen-bond donors (Lipinski definition) is 1. The molecule has 0 radical (unpaired) electrons. The zero-order valence-electron chi connectivity index (χ0n) is 6.86. The molecule has 0 aliphatic rings. The summed E-state index contributed by atoms with van der Waals surface area (Å²) in [5.74, 6) is 0. The normalized spacial score (nSPS) is 11.1. The van der Waals surface area contributed by atoms with Gasteiger partial charge in [0.05, 0.1) is 11.7 Å². The molecule has 0 saturated heterocycles. The van der Waals surface area contributed by atoms with Gasteiger partial charge in [0.15, 0.2) is 0 Å². The van der Waals surface area contributed by atoms with Crippen LogP contribution < -0.4 is 0 Å². The molecular formula is C10H7N3. The van der Waals surface area contributed by atoms with Crippen LogP contribution in [-0.2, 0) is 0 Å². The van der Waals surface area contributed by atoms with Gasteiger partial charge in [0, 0.05) is 23.2 Å². The summed E-state index contributed by atoms with van der Waals surface area (Å²) in [5, 5.41) is 10.4. The summed E-state index contributed by atoms with van der Waals surface area (Å²) >= 11 is 0. The van der Waals surface area contributed by atoms with E-state index in [1.807, 2.05) is 18.5 Å². The highest BCUT2D eigenvalue weighted by molar-refractivity contribution is 5.95. The van der Waals surface area contributed by atoms with Gasteiger partial charge in [-0.05, 0) is 23.6 Å². The molecular weight excluding hydrogens is 162 g/mol. The number of benzene rings is 1. The van der Waals surface area contributed by atoms with Crippen LogP contribution in [0.4, 0.5) is 0 Å². The lowest BCUT2D eigenvalue weighted by atomic mass is 10.1. The second kappa shape index (κ2) is 2.29. The van der Waals surface area contributed by atoms with E-state index in [1.54, 1.807) is 6.20 Å². The first kappa shape index (κ1) is 6.60. The van der Waals surface area contributed by atoms with Crippen molar-refractivity contribution in [3.05, 3.63) is 36.8 Å². The third-order valence-corrected chi connectivity index (χ3v) is 2.20. The molecule has 0 unspecified atom stereocenters. The van der Waals surface area contributed by atoms with Crippen LogP contribution in [0.15, 0.2) is 36.8 Å². The van der Waals surface area contributed by atoms with Crippen molar-refractivity contribution in [1.29, 1.82) is 0 Å². The summed E-state index contributed by atoms with van der Waals surface area (Å²) < 4.78 is 0. The third-order valence-electron chi connectivity index (χ3n) is 2.20. The van der Waals surface area contributed by atoms with E-state index in [-0.39, 0.29) is 0 Å². The molecule has 0 aliphatic heterocycles. The maximum absolute atomic E-state index is 4.07. The Labute approximate surface area is 74.4 Å². The molecule has 2 aromatic heterocycles. The van der Waals surface area contributed by atoms with Gasteiger partial charge in [0.25, 0.3) is 0 Å². The monoisotopic (exact) mass is 169 g/mol. The van der Waals surface area contributed by atoms with Crippen LogP contribution in [0.1, 0.15) is 0 Å². The molecule has 0 spiro atoms. The molecule has 0 fully saturated rings. The maximum Gasteiger partial charge on any atom is 0.0657 e. The molecule has 62 valence electrons. The van der Waals surface area contributed by atoms with Gasteiger partial charge < -0.3 is 0 Å². The minimum absolute atomic E-state index is 1.06. The second-order valence-corrected chi connectivity index (χ2v) is 3.03. The molecule has 3 rings (SSSR count). The molecule has 0 bridgehead atoms. The fourth-order valence-corrected chi connectivity index (χ4v) is 1.53. The SMILES string of the molecule is c1cc2cc3cn[nH]c3cc2cn1. The van der Waals surface area contributed by atoms with Crippen molar-refractivity contribution in [2.24, 2.45) is 0 Å². The molecule has 0 aliphatic carbocycles. The van der Waals surface area contributed by atoms with Gasteiger partial charge in [-0.3, -0.25) is 10.1 Å². The highest BCUT2D eigenvalue weighted by Gasteiger charge is 1.97. The first-order chi connectivity index (χ1) is 6.43. The van der Waals surface area contributed by atoms with Gasteiger partial charge in [-0.15, -0.1) is 0 Å². The summed E-state index contributed by atoms with van der Waals surface area (Å²) in [6, 6.07) is 6.17. The predicted octanol–water partition coefficient (Wildman–Crippen LogP) is 2.11. The molecule has 0 atom stereocenters. The number of hydrogen-bond acceptors (Lipinski definition) is 2. The summed E-state index contributed by atoms with van der Waals surface area (Å²) in [5.41, 5.74) is 1.06. The van der Waals surface area contributed by atoms with Gasteiger partial charge in [-0.25, -0.2) is 0 Å². The Morgan fingerprint density at radius 2 is 2.00 bits per heavy atom. The van der Waals surface area contributed by atoms with Crippen molar-refractivity contribution in [1.82, 2.24) is 15.2 Å². The van der Waals surface area contributed by atoms with Crippen molar-refractivity contribution in [3.63, 3.8) is 0 Å². The average molecular weight is 169 g/mol. The smallest absolute Gasteiger partial charge is 0.0657 e. The number of aromatic amines is 1. The number of H-pyrrole nitrogens is 1. The van der Waals surface area contributed by atoms with Crippen LogP contribution >= 0.6 is 0 Å². The van der Waals surface area contributed by atoms with Gasteiger partial charge >= 0.3 is 0 Å². The van der Waals surface area contributed by atoms with E-state index in [1.165, 1.54) is 5.39 Å². The zero-order valence-corrected chi connectivity index (χ0v) is 6.86. The fourth-order valence-electron chi connectivity index (χ4n) is 1.53.